The molecule has 0 fully saturated rings. The predicted octanol–water partition coefficient (Wildman–Crippen LogP) is 4.62. The zero-order valence-electron chi connectivity index (χ0n) is 14.3. The molecule has 1 atom stereocenters. The number of methoxy groups -OCH3 is 1. The highest BCUT2D eigenvalue weighted by Gasteiger charge is 2.19. The Morgan fingerprint density at radius 1 is 1.48 bits per heavy atom. The monoisotopic (exact) mass is 314 g/mol. The molecule has 2 rings (SSSR count). The number of ether oxygens (including phenoxy) is 1. The SMILES string of the molecule is C=C(C)C1CC=C(C)C(=O)C1.C=CCc1ccc(O)c(OC)c1. The van der Waals surface area contributed by atoms with Crippen LogP contribution in [-0.4, -0.2) is 18.0 Å². The van der Waals surface area contributed by atoms with Crippen molar-refractivity contribution >= 4 is 5.78 Å². The summed E-state index contributed by atoms with van der Waals surface area (Å²) in [4.78, 5) is 11.2. The average molecular weight is 314 g/mol. The number of ketones is 1. The van der Waals surface area contributed by atoms with E-state index in [0.717, 1.165) is 29.6 Å². The summed E-state index contributed by atoms with van der Waals surface area (Å²) in [5, 5.41) is 9.25. The van der Waals surface area contributed by atoms with Crippen molar-refractivity contribution in [2.75, 3.05) is 7.11 Å². The maximum atomic E-state index is 11.2. The molecule has 23 heavy (non-hydrogen) atoms. The summed E-state index contributed by atoms with van der Waals surface area (Å²) < 4.78 is 4.95. The van der Waals surface area contributed by atoms with E-state index < -0.39 is 0 Å². The highest BCUT2D eigenvalue weighted by atomic mass is 16.5. The number of aromatic hydroxyl groups is 1. The summed E-state index contributed by atoms with van der Waals surface area (Å²) in [6.07, 6.45) is 6.28. The van der Waals surface area contributed by atoms with Gasteiger partial charge in [0.1, 0.15) is 0 Å². The zero-order valence-corrected chi connectivity index (χ0v) is 14.3. The molecule has 3 nitrogen and oxygen atoms in total. The lowest BCUT2D eigenvalue weighted by atomic mass is 9.85. The second kappa shape index (κ2) is 8.99. The van der Waals surface area contributed by atoms with Gasteiger partial charge in [0.25, 0.3) is 0 Å². The molecule has 0 amide bonds. The van der Waals surface area contributed by atoms with Crippen molar-refractivity contribution < 1.29 is 14.6 Å². The first-order valence-electron chi connectivity index (χ1n) is 7.71. The van der Waals surface area contributed by atoms with Crippen molar-refractivity contribution in [1.82, 2.24) is 0 Å². The third kappa shape index (κ3) is 5.78. The van der Waals surface area contributed by atoms with E-state index in [1.165, 1.54) is 7.11 Å². The van der Waals surface area contributed by atoms with Gasteiger partial charge in [-0.05, 0) is 55.9 Å². The van der Waals surface area contributed by atoms with Gasteiger partial charge in [-0.25, -0.2) is 0 Å². The van der Waals surface area contributed by atoms with Gasteiger partial charge >= 0.3 is 0 Å². The minimum Gasteiger partial charge on any atom is -0.504 e. The lowest BCUT2D eigenvalue weighted by Gasteiger charge is -2.18. The summed E-state index contributed by atoms with van der Waals surface area (Å²) in [5.74, 6) is 1.36. The van der Waals surface area contributed by atoms with Crippen molar-refractivity contribution in [2.45, 2.75) is 33.1 Å². The number of carbonyl (C=O) groups excluding carboxylic acids is 1. The molecule has 1 aromatic rings. The van der Waals surface area contributed by atoms with E-state index in [1.807, 2.05) is 32.1 Å². The Balaban J connectivity index is 0.000000231. The molecule has 124 valence electrons. The topological polar surface area (TPSA) is 46.5 Å². The van der Waals surface area contributed by atoms with E-state index in [1.54, 1.807) is 12.1 Å². The fraction of sp³-hybridized carbons (Fsp3) is 0.350. The van der Waals surface area contributed by atoms with Crippen molar-refractivity contribution in [2.24, 2.45) is 5.92 Å². The molecule has 0 saturated heterocycles. The van der Waals surface area contributed by atoms with E-state index in [0.29, 0.717) is 18.1 Å². The Morgan fingerprint density at radius 2 is 2.17 bits per heavy atom. The Morgan fingerprint density at radius 3 is 2.70 bits per heavy atom. The summed E-state index contributed by atoms with van der Waals surface area (Å²) in [7, 11) is 1.53. The number of carbonyl (C=O) groups is 1. The zero-order chi connectivity index (χ0) is 17.4. The molecule has 1 unspecified atom stereocenters. The first kappa shape index (κ1) is 18.8. The van der Waals surface area contributed by atoms with Gasteiger partial charge in [-0.3, -0.25) is 4.79 Å². The predicted molar refractivity (Wildman–Crippen MR) is 94.9 cm³/mol. The van der Waals surface area contributed by atoms with Crippen LogP contribution in [0.25, 0.3) is 0 Å². The molecule has 1 aliphatic carbocycles. The molecule has 0 heterocycles. The standard InChI is InChI=1S/C10H12O2.C10H14O/c1-3-4-8-5-6-9(11)10(7-8)12-2;1-7(2)9-5-4-8(3)10(11)6-9/h3,5-7,11H,1,4H2,2H3;4,9H,1,5-6H2,2-3H3. The molecule has 0 aromatic heterocycles. The van der Waals surface area contributed by atoms with Gasteiger partial charge in [0.05, 0.1) is 7.11 Å². The number of Topliss-reactive ketones (excluding diaryl/α,β-unsaturated/α-hetero) is 1. The van der Waals surface area contributed by atoms with Gasteiger partial charge in [0, 0.05) is 6.42 Å². The van der Waals surface area contributed by atoms with Crippen molar-refractivity contribution in [1.29, 1.82) is 0 Å². The second-order valence-electron chi connectivity index (χ2n) is 5.79. The largest absolute Gasteiger partial charge is 0.504 e. The van der Waals surface area contributed by atoms with Crippen LogP contribution in [0.15, 0.2) is 54.7 Å². The van der Waals surface area contributed by atoms with Gasteiger partial charge < -0.3 is 9.84 Å². The number of phenols is 1. The van der Waals surface area contributed by atoms with Gasteiger partial charge in [0.2, 0.25) is 0 Å². The smallest absolute Gasteiger partial charge is 0.160 e. The fourth-order valence-corrected chi connectivity index (χ4v) is 2.29. The molecule has 1 N–H and O–H groups in total. The van der Waals surface area contributed by atoms with Crippen LogP contribution in [0, 0.1) is 5.92 Å². The third-order valence-corrected chi connectivity index (χ3v) is 3.90. The maximum Gasteiger partial charge on any atom is 0.160 e. The Labute approximate surface area is 139 Å². The Kier molecular flexibility index (Phi) is 7.33. The molecule has 0 bridgehead atoms. The van der Waals surface area contributed by atoms with Crippen LogP contribution < -0.4 is 4.74 Å². The molecule has 1 aromatic carbocycles. The van der Waals surface area contributed by atoms with Crippen LogP contribution in [0.4, 0.5) is 0 Å². The summed E-state index contributed by atoms with van der Waals surface area (Å²) >= 11 is 0. The number of rotatable bonds is 4. The first-order chi connectivity index (χ1) is 10.9. The Hall–Kier alpha value is -2.29. The van der Waals surface area contributed by atoms with E-state index in [2.05, 4.69) is 13.2 Å². The third-order valence-electron chi connectivity index (χ3n) is 3.90. The van der Waals surface area contributed by atoms with Crippen LogP contribution >= 0.6 is 0 Å². The minimum absolute atomic E-state index is 0.172. The van der Waals surface area contributed by atoms with E-state index >= 15 is 0 Å². The van der Waals surface area contributed by atoms with Gasteiger partial charge in [-0.1, -0.05) is 30.4 Å². The second-order valence-corrected chi connectivity index (χ2v) is 5.79. The first-order valence-corrected chi connectivity index (χ1v) is 7.71. The summed E-state index contributed by atoms with van der Waals surface area (Å²) in [6, 6.07) is 5.27. The van der Waals surface area contributed by atoms with Crippen LogP contribution in [0.1, 0.15) is 32.3 Å². The Bertz CT molecular complexity index is 611. The van der Waals surface area contributed by atoms with Crippen molar-refractivity contribution in [3.8, 4) is 11.5 Å². The highest BCUT2D eigenvalue weighted by molar-refractivity contribution is 5.95. The molecule has 0 aliphatic heterocycles. The van der Waals surface area contributed by atoms with E-state index in [9.17, 15) is 9.90 Å². The normalized spacial score (nSPS) is 16.7. The summed E-state index contributed by atoms with van der Waals surface area (Å²) in [5.41, 5.74) is 3.13. The van der Waals surface area contributed by atoms with Gasteiger partial charge in [-0.15, -0.1) is 6.58 Å². The summed E-state index contributed by atoms with van der Waals surface area (Å²) in [6.45, 7) is 11.4. The molecular formula is C20H26O3. The molecule has 3 heteroatoms. The fourth-order valence-electron chi connectivity index (χ4n) is 2.29. The van der Waals surface area contributed by atoms with Crippen LogP contribution in [-0.2, 0) is 11.2 Å². The molecule has 0 saturated carbocycles. The highest BCUT2D eigenvalue weighted by Crippen LogP contribution is 2.26. The number of allylic oxidation sites excluding steroid dienone is 4. The quantitative estimate of drug-likeness (QED) is 0.825. The number of hydrogen-bond donors (Lipinski definition) is 1. The molecular weight excluding hydrogens is 288 g/mol. The number of benzene rings is 1. The average Bonchev–Trinajstić information content (AvgIpc) is 2.52. The maximum absolute atomic E-state index is 11.2. The van der Waals surface area contributed by atoms with Gasteiger partial charge in [0.15, 0.2) is 17.3 Å². The number of hydrogen-bond acceptors (Lipinski definition) is 3. The lowest BCUT2D eigenvalue weighted by Crippen LogP contribution is -2.14. The lowest BCUT2D eigenvalue weighted by molar-refractivity contribution is -0.116. The van der Waals surface area contributed by atoms with Crippen LogP contribution in [0.3, 0.4) is 0 Å². The van der Waals surface area contributed by atoms with E-state index in [4.69, 9.17) is 4.74 Å². The van der Waals surface area contributed by atoms with Crippen molar-refractivity contribution in [3.63, 3.8) is 0 Å². The molecule has 0 spiro atoms. The van der Waals surface area contributed by atoms with Gasteiger partial charge in [-0.2, -0.15) is 0 Å². The van der Waals surface area contributed by atoms with Crippen LogP contribution in [0.2, 0.25) is 0 Å². The molecule has 1 aliphatic rings. The minimum atomic E-state index is 0.172. The van der Waals surface area contributed by atoms with E-state index in [-0.39, 0.29) is 11.5 Å². The van der Waals surface area contributed by atoms with Crippen molar-refractivity contribution in [3.05, 3.63) is 60.2 Å². The number of phenolic OH excluding ortho intramolecular Hbond substituents is 1. The van der Waals surface area contributed by atoms with Crippen LogP contribution in [0.5, 0.6) is 11.5 Å². The molecule has 0 radical (unpaired) electrons.